The molecule has 0 bridgehead atoms. The van der Waals surface area contributed by atoms with Crippen molar-refractivity contribution >= 4 is 5.91 Å². The van der Waals surface area contributed by atoms with Crippen LogP contribution >= 0.6 is 0 Å². The molecule has 0 heterocycles. The molecule has 1 aromatic carbocycles. The Hall–Kier alpha value is -1.63. The van der Waals surface area contributed by atoms with Crippen molar-refractivity contribution in [3.8, 4) is 0 Å². The van der Waals surface area contributed by atoms with Gasteiger partial charge in [-0.2, -0.15) is 13.2 Å². The summed E-state index contributed by atoms with van der Waals surface area (Å²) in [5.74, 6) is -1.45. The lowest BCUT2D eigenvalue weighted by atomic mass is 10.1. The Morgan fingerprint density at radius 3 is 2.53 bits per heavy atom. The van der Waals surface area contributed by atoms with E-state index in [9.17, 15) is 22.4 Å². The van der Waals surface area contributed by atoms with Gasteiger partial charge in [0.05, 0.1) is 6.42 Å². The third-order valence-corrected chi connectivity index (χ3v) is 1.73. The van der Waals surface area contributed by atoms with Gasteiger partial charge in [0.25, 0.3) is 0 Å². The predicted octanol–water partition coefficient (Wildman–Crippen LogP) is 1.98. The predicted molar refractivity (Wildman–Crippen MR) is 50.3 cm³/mol. The van der Waals surface area contributed by atoms with Gasteiger partial charge in [-0.25, -0.2) is 9.87 Å². The third kappa shape index (κ3) is 5.30. The Kier molecular flexibility index (Phi) is 4.45. The topological polar surface area (TPSA) is 38.3 Å². The summed E-state index contributed by atoms with van der Waals surface area (Å²) >= 11 is 0. The smallest absolute Gasteiger partial charge is 0.272 e. The zero-order chi connectivity index (χ0) is 12.9. The molecule has 0 aliphatic rings. The molecule has 0 aromatic heterocycles. The van der Waals surface area contributed by atoms with Crippen molar-refractivity contribution in [3.05, 3.63) is 35.6 Å². The summed E-state index contributed by atoms with van der Waals surface area (Å²) in [4.78, 5) is 15.0. The average molecular weight is 251 g/mol. The standard InChI is InChI=1S/C10H9F4NO2/c11-8-4-2-1-3-7(8)5-9(16)15-17-6-10(12,13)14/h1-4H,5-6H2,(H,15,16). The summed E-state index contributed by atoms with van der Waals surface area (Å²) < 4.78 is 48.0. The van der Waals surface area contributed by atoms with Crippen molar-refractivity contribution in [3.63, 3.8) is 0 Å². The van der Waals surface area contributed by atoms with E-state index in [-0.39, 0.29) is 12.0 Å². The van der Waals surface area contributed by atoms with E-state index in [2.05, 4.69) is 4.84 Å². The van der Waals surface area contributed by atoms with Crippen molar-refractivity contribution in [1.82, 2.24) is 5.48 Å². The number of carbonyl (C=O) groups is 1. The molecule has 0 saturated carbocycles. The van der Waals surface area contributed by atoms with Gasteiger partial charge in [0, 0.05) is 0 Å². The van der Waals surface area contributed by atoms with Crippen LogP contribution in [0.15, 0.2) is 24.3 Å². The molecule has 0 spiro atoms. The molecule has 7 heteroatoms. The number of amides is 1. The molecule has 0 fully saturated rings. The zero-order valence-electron chi connectivity index (χ0n) is 8.55. The molecule has 0 atom stereocenters. The van der Waals surface area contributed by atoms with E-state index in [1.54, 1.807) is 5.48 Å². The summed E-state index contributed by atoms with van der Waals surface area (Å²) in [5.41, 5.74) is 1.67. The van der Waals surface area contributed by atoms with Crippen molar-refractivity contribution in [2.45, 2.75) is 12.6 Å². The first-order chi connectivity index (χ1) is 7.88. The van der Waals surface area contributed by atoms with E-state index in [1.165, 1.54) is 18.2 Å². The highest BCUT2D eigenvalue weighted by molar-refractivity contribution is 5.77. The minimum atomic E-state index is -4.52. The first-order valence-electron chi connectivity index (χ1n) is 4.59. The fourth-order valence-corrected chi connectivity index (χ4v) is 1.05. The summed E-state index contributed by atoms with van der Waals surface area (Å²) in [6.45, 7) is -1.59. The summed E-state index contributed by atoms with van der Waals surface area (Å²) in [6.07, 6.45) is -4.91. The van der Waals surface area contributed by atoms with Gasteiger partial charge in [-0.15, -0.1) is 0 Å². The van der Waals surface area contributed by atoms with Crippen LogP contribution in [0.2, 0.25) is 0 Å². The molecule has 0 aliphatic heterocycles. The summed E-state index contributed by atoms with van der Waals surface area (Å²) in [6, 6.07) is 5.47. The van der Waals surface area contributed by atoms with Crippen LogP contribution in [0.3, 0.4) is 0 Å². The monoisotopic (exact) mass is 251 g/mol. The van der Waals surface area contributed by atoms with E-state index in [1.807, 2.05) is 0 Å². The highest BCUT2D eigenvalue weighted by Crippen LogP contribution is 2.13. The lowest BCUT2D eigenvalue weighted by molar-refractivity contribution is -0.191. The molecule has 94 valence electrons. The Morgan fingerprint density at radius 2 is 1.94 bits per heavy atom. The molecule has 0 saturated heterocycles. The molecule has 0 unspecified atom stereocenters. The lowest BCUT2D eigenvalue weighted by Crippen LogP contribution is -2.30. The molecule has 1 N–H and O–H groups in total. The second kappa shape index (κ2) is 5.62. The van der Waals surface area contributed by atoms with Crippen LogP contribution in [0.4, 0.5) is 17.6 Å². The van der Waals surface area contributed by atoms with Gasteiger partial charge in [-0.05, 0) is 11.6 Å². The van der Waals surface area contributed by atoms with Crippen LogP contribution in [0, 0.1) is 5.82 Å². The maximum atomic E-state index is 13.1. The molecule has 1 amide bonds. The van der Waals surface area contributed by atoms with Gasteiger partial charge in [-0.1, -0.05) is 18.2 Å². The molecule has 3 nitrogen and oxygen atoms in total. The maximum Gasteiger partial charge on any atom is 0.414 e. The quantitative estimate of drug-likeness (QED) is 0.656. The normalized spacial score (nSPS) is 11.3. The molecule has 0 radical (unpaired) electrons. The van der Waals surface area contributed by atoms with E-state index >= 15 is 0 Å². The van der Waals surface area contributed by atoms with Crippen molar-refractivity contribution in [2.75, 3.05) is 6.61 Å². The van der Waals surface area contributed by atoms with Gasteiger partial charge >= 0.3 is 6.18 Å². The van der Waals surface area contributed by atoms with E-state index in [0.29, 0.717) is 0 Å². The average Bonchev–Trinajstić information content (AvgIpc) is 2.19. The second-order valence-corrected chi connectivity index (χ2v) is 3.20. The number of rotatable bonds is 4. The Labute approximate surface area is 94.3 Å². The van der Waals surface area contributed by atoms with E-state index in [4.69, 9.17) is 0 Å². The number of benzene rings is 1. The van der Waals surface area contributed by atoms with Crippen molar-refractivity contribution in [1.29, 1.82) is 0 Å². The van der Waals surface area contributed by atoms with Gasteiger partial charge in [0.15, 0.2) is 6.61 Å². The van der Waals surface area contributed by atoms with Crippen LogP contribution in [0.5, 0.6) is 0 Å². The maximum absolute atomic E-state index is 13.1. The number of carbonyl (C=O) groups excluding carboxylic acids is 1. The number of halogens is 4. The highest BCUT2D eigenvalue weighted by atomic mass is 19.4. The van der Waals surface area contributed by atoms with Crippen LogP contribution < -0.4 is 5.48 Å². The number of hydrogen-bond donors (Lipinski definition) is 1. The van der Waals surface area contributed by atoms with Gasteiger partial charge in [-0.3, -0.25) is 9.63 Å². The van der Waals surface area contributed by atoms with Gasteiger partial charge < -0.3 is 0 Å². The zero-order valence-corrected chi connectivity index (χ0v) is 8.55. The Bertz CT molecular complexity index is 392. The van der Waals surface area contributed by atoms with Crippen LogP contribution in [0.25, 0.3) is 0 Å². The molecule has 17 heavy (non-hydrogen) atoms. The molecule has 0 aliphatic carbocycles. The van der Waals surface area contributed by atoms with E-state index in [0.717, 1.165) is 6.07 Å². The van der Waals surface area contributed by atoms with Crippen LogP contribution in [0.1, 0.15) is 5.56 Å². The van der Waals surface area contributed by atoms with Crippen LogP contribution in [-0.4, -0.2) is 18.7 Å². The minimum absolute atomic E-state index is 0.0839. The fourth-order valence-electron chi connectivity index (χ4n) is 1.05. The highest BCUT2D eigenvalue weighted by Gasteiger charge is 2.28. The first kappa shape index (κ1) is 13.4. The molecule has 1 aromatic rings. The summed E-state index contributed by atoms with van der Waals surface area (Å²) in [7, 11) is 0. The van der Waals surface area contributed by atoms with Crippen LogP contribution in [-0.2, 0) is 16.1 Å². The van der Waals surface area contributed by atoms with Crippen molar-refractivity contribution < 1.29 is 27.2 Å². The van der Waals surface area contributed by atoms with Gasteiger partial charge in [0.2, 0.25) is 5.91 Å². The minimum Gasteiger partial charge on any atom is -0.272 e. The Balaban J connectivity index is 2.38. The fraction of sp³-hybridized carbons (Fsp3) is 0.300. The third-order valence-electron chi connectivity index (χ3n) is 1.73. The molecule has 1 rings (SSSR count). The number of hydroxylamine groups is 1. The number of nitrogens with one attached hydrogen (secondary N) is 1. The number of alkyl halides is 3. The second-order valence-electron chi connectivity index (χ2n) is 3.20. The summed E-state index contributed by atoms with van der Waals surface area (Å²) in [5, 5.41) is 0. The lowest BCUT2D eigenvalue weighted by Gasteiger charge is -2.08. The SMILES string of the molecule is O=C(Cc1ccccc1F)NOCC(F)(F)F. The molecular formula is C10H9F4NO2. The van der Waals surface area contributed by atoms with Crippen molar-refractivity contribution in [2.24, 2.45) is 0 Å². The number of hydrogen-bond acceptors (Lipinski definition) is 2. The molecular weight excluding hydrogens is 242 g/mol. The Morgan fingerprint density at radius 1 is 1.29 bits per heavy atom. The first-order valence-corrected chi connectivity index (χ1v) is 4.59. The largest absolute Gasteiger partial charge is 0.414 e. The van der Waals surface area contributed by atoms with Gasteiger partial charge in [0.1, 0.15) is 5.82 Å². The van der Waals surface area contributed by atoms with E-state index < -0.39 is 24.5 Å².